The first kappa shape index (κ1) is 18.3. The third-order valence-electron chi connectivity index (χ3n) is 4.80. The lowest BCUT2D eigenvalue weighted by Gasteiger charge is -2.11. The van der Waals surface area contributed by atoms with E-state index in [0.717, 1.165) is 27.9 Å². The summed E-state index contributed by atoms with van der Waals surface area (Å²) in [5.74, 6) is 0.261. The van der Waals surface area contributed by atoms with Crippen LogP contribution in [-0.4, -0.2) is 26.8 Å². The van der Waals surface area contributed by atoms with Gasteiger partial charge in [0.15, 0.2) is 0 Å². The van der Waals surface area contributed by atoms with Gasteiger partial charge in [0.1, 0.15) is 11.4 Å². The fourth-order valence-corrected chi connectivity index (χ4v) is 3.68. The summed E-state index contributed by atoms with van der Waals surface area (Å²) in [5, 5.41) is 5.20. The minimum atomic E-state index is -0.626. The number of rotatable bonds is 5. The average molecular weight is 423 g/mol. The molecule has 1 N–H and O–H groups in total. The lowest BCUT2D eigenvalue weighted by Crippen LogP contribution is -2.04. The Hall–Kier alpha value is -3.78. The molecule has 8 nitrogen and oxygen atoms in total. The van der Waals surface area contributed by atoms with Crippen LogP contribution < -0.4 is 10.5 Å². The van der Waals surface area contributed by atoms with Gasteiger partial charge < -0.3 is 13.7 Å². The van der Waals surface area contributed by atoms with Gasteiger partial charge in [0, 0.05) is 10.9 Å². The number of fused-ring (bicyclic) bond motifs is 1. The smallest absolute Gasteiger partial charge is 0.439 e. The highest BCUT2D eigenvalue weighted by Crippen LogP contribution is 2.35. The molecule has 9 heteroatoms. The van der Waals surface area contributed by atoms with Crippen LogP contribution in [0.5, 0.6) is 5.75 Å². The quantitative estimate of drug-likeness (QED) is 0.452. The van der Waals surface area contributed by atoms with Crippen molar-refractivity contribution in [2.24, 2.45) is 0 Å². The normalized spacial score (nSPS) is 11.3. The Balaban J connectivity index is 1.64. The Morgan fingerprint density at radius 3 is 2.87 bits per heavy atom. The van der Waals surface area contributed by atoms with Gasteiger partial charge in [0.05, 0.1) is 48.1 Å². The Labute approximate surface area is 174 Å². The fourth-order valence-electron chi connectivity index (χ4n) is 3.44. The number of H-pyrrole nitrogens is 1. The highest BCUT2D eigenvalue weighted by molar-refractivity contribution is 6.32. The van der Waals surface area contributed by atoms with Crippen LogP contribution in [0.15, 0.2) is 68.7 Å². The molecule has 0 aliphatic heterocycles. The maximum atomic E-state index is 11.3. The van der Waals surface area contributed by atoms with E-state index in [4.69, 9.17) is 20.8 Å². The first-order valence-corrected chi connectivity index (χ1v) is 9.42. The van der Waals surface area contributed by atoms with Crippen LogP contribution in [0.4, 0.5) is 0 Å². The van der Waals surface area contributed by atoms with Crippen molar-refractivity contribution in [1.82, 2.24) is 19.7 Å². The van der Waals surface area contributed by atoms with E-state index in [0.29, 0.717) is 23.0 Å². The molecule has 0 amide bonds. The third-order valence-corrected chi connectivity index (χ3v) is 5.10. The van der Waals surface area contributed by atoms with Crippen molar-refractivity contribution in [3.05, 3.63) is 76.3 Å². The second-order valence-corrected chi connectivity index (χ2v) is 7.04. The fraction of sp³-hybridized carbons (Fsp3) is 0.0952. The number of nitrogens with zero attached hydrogens (tertiary/aromatic N) is 3. The second kappa shape index (κ2) is 7.23. The third kappa shape index (κ3) is 3.17. The van der Waals surface area contributed by atoms with E-state index in [1.54, 1.807) is 25.7 Å². The molecule has 0 aliphatic carbocycles. The van der Waals surface area contributed by atoms with Gasteiger partial charge in [-0.15, -0.1) is 0 Å². The SMILES string of the molecule is COc1cc2cc(-c3ccoc3)n(Cc3cccc(-c4noc(=O)[nH]4)n3)c2cc1Cl. The molecule has 0 radical (unpaired) electrons. The number of hydrogen-bond acceptors (Lipinski definition) is 6. The molecular formula is C21H15ClN4O4. The predicted octanol–water partition coefficient (Wildman–Crippen LogP) is 4.35. The van der Waals surface area contributed by atoms with Gasteiger partial charge in [-0.25, -0.2) is 9.78 Å². The Kier molecular flexibility index (Phi) is 4.40. The van der Waals surface area contributed by atoms with Crippen molar-refractivity contribution in [3.63, 3.8) is 0 Å². The predicted molar refractivity (Wildman–Crippen MR) is 111 cm³/mol. The second-order valence-electron chi connectivity index (χ2n) is 6.63. The van der Waals surface area contributed by atoms with Gasteiger partial charge in [-0.3, -0.25) is 9.51 Å². The molecule has 0 fully saturated rings. The van der Waals surface area contributed by atoms with Crippen molar-refractivity contribution in [1.29, 1.82) is 0 Å². The van der Waals surface area contributed by atoms with E-state index in [-0.39, 0.29) is 5.82 Å². The summed E-state index contributed by atoms with van der Waals surface area (Å²) in [6.45, 7) is 0.461. The summed E-state index contributed by atoms with van der Waals surface area (Å²) in [6.07, 6.45) is 3.32. The van der Waals surface area contributed by atoms with Gasteiger partial charge in [0.25, 0.3) is 0 Å². The lowest BCUT2D eigenvalue weighted by atomic mass is 10.2. The number of benzene rings is 1. The van der Waals surface area contributed by atoms with Crippen LogP contribution in [0.2, 0.25) is 5.02 Å². The molecule has 0 saturated heterocycles. The molecule has 0 atom stereocenters. The summed E-state index contributed by atoms with van der Waals surface area (Å²) in [5.41, 5.74) is 4.09. The van der Waals surface area contributed by atoms with Crippen LogP contribution in [-0.2, 0) is 6.54 Å². The topological polar surface area (TPSA) is 99.1 Å². The molecule has 5 aromatic rings. The van der Waals surface area contributed by atoms with Crippen LogP contribution in [0.1, 0.15) is 5.69 Å². The van der Waals surface area contributed by atoms with Crippen molar-refractivity contribution in [3.8, 4) is 28.5 Å². The van der Waals surface area contributed by atoms with E-state index in [1.807, 2.05) is 30.3 Å². The molecule has 4 aromatic heterocycles. The summed E-state index contributed by atoms with van der Waals surface area (Å²) in [4.78, 5) is 18.4. The largest absolute Gasteiger partial charge is 0.495 e. The van der Waals surface area contributed by atoms with E-state index in [2.05, 4.69) is 30.3 Å². The number of aromatic nitrogens is 4. The molecule has 0 aliphatic rings. The standard InChI is InChI=1S/C21H15ClN4O4/c1-28-19-8-13-7-17(12-5-6-29-11-12)26(18(13)9-15(19)22)10-14-3-2-4-16(23-14)20-24-21(27)30-25-20/h2-9,11H,10H2,1H3,(H,24,25,27). The molecule has 0 unspecified atom stereocenters. The van der Waals surface area contributed by atoms with E-state index in [9.17, 15) is 4.79 Å². The summed E-state index contributed by atoms with van der Waals surface area (Å²) in [6, 6.07) is 13.2. The highest BCUT2D eigenvalue weighted by Gasteiger charge is 2.16. The van der Waals surface area contributed by atoms with Gasteiger partial charge in [-0.2, -0.15) is 0 Å². The van der Waals surface area contributed by atoms with E-state index < -0.39 is 5.76 Å². The maximum absolute atomic E-state index is 11.3. The first-order chi connectivity index (χ1) is 14.6. The monoisotopic (exact) mass is 422 g/mol. The van der Waals surface area contributed by atoms with E-state index >= 15 is 0 Å². The van der Waals surface area contributed by atoms with Crippen molar-refractivity contribution in [2.75, 3.05) is 7.11 Å². The van der Waals surface area contributed by atoms with Crippen molar-refractivity contribution >= 4 is 22.5 Å². The number of halogens is 1. The minimum Gasteiger partial charge on any atom is -0.495 e. The maximum Gasteiger partial charge on any atom is 0.439 e. The zero-order chi connectivity index (χ0) is 20.7. The van der Waals surface area contributed by atoms with Gasteiger partial charge in [0.2, 0.25) is 5.82 Å². The molecule has 5 rings (SSSR count). The van der Waals surface area contributed by atoms with Crippen LogP contribution in [0.3, 0.4) is 0 Å². The number of methoxy groups -OCH3 is 1. The molecule has 0 spiro atoms. The minimum absolute atomic E-state index is 0.280. The number of furan rings is 1. The lowest BCUT2D eigenvalue weighted by molar-refractivity contribution is 0.387. The zero-order valence-electron chi connectivity index (χ0n) is 15.8. The summed E-state index contributed by atoms with van der Waals surface area (Å²) < 4.78 is 17.3. The Morgan fingerprint density at radius 1 is 1.23 bits per heavy atom. The average Bonchev–Trinajstić information content (AvgIpc) is 3.49. The number of nitrogens with one attached hydrogen (secondary N) is 1. The van der Waals surface area contributed by atoms with Crippen LogP contribution >= 0.6 is 11.6 Å². The van der Waals surface area contributed by atoms with Crippen molar-refractivity contribution in [2.45, 2.75) is 6.54 Å². The number of pyridine rings is 1. The molecule has 0 bridgehead atoms. The Morgan fingerprint density at radius 2 is 2.13 bits per heavy atom. The van der Waals surface area contributed by atoms with Gasteiger partial charge in [-0.1, -0.05) is 22.8 Å². The van der Waals surface area contributed by atoms with E-state index in [1.165, 1.54) is 0 Å². The van der Waals surface area contributed by atoms with Gasteiger partial charge >= 0.3 is 5.76 Å². The highest BCUT2D eigenvalue weighted by atomic mass is 35.5. The first-order valence-electron chi connectivity index (χ1n) is 9.04. The van der Waals surface area contributed by atoms with Gasteiger partial charge in [-0.05, 0) is 36.4 Å². The summed E-state index contributed by atoms with van der Waals surface area (Å²) >= 11 is 6.40. The van der Waals surface area contributed by atoms with Crippen LogP contribution in [0.25, 0.3) is 33.7 Å². The number of ether oxygens (including phenoxy) is 1. The number of aromatic amines is 1. The molecule has 150 valence electrons. The molecular weight excluding hydrogens is 408 g/mol. The zero-order valence-corrected chi connectivity index (χ0v) is 16.5. The molecule has 0 saturated carbocycles. The van der Waals surface area contributed by atoms with Crippen molar-refractivity contribution < 1.29 is 13.7 Å². The molecule has 30 heavy (non-hydrogen) atoms. The molecule has 1 aromatic carbocycles. The summed E-state index contributed by atoms with van der Waals surface area (Å²) in [7, 11) is 1.59. The van der Waals surface area contributed by atoms with Crippen LogP contribution in [0, 0.1) is 0 Å². The number of hydrogen-bond donors (Lipinski definition) is 1. The molecule has 4 heterocycles. The Bertz CT molecular complexity index is 1400.